The van der Waals surface area contributed by atoms with E-state index in [-0.39, 0.29) is 17.1 Å². The van der Waals surface area contributed by atoms with E-state index in [1.165, 1.54) is 6.07 Å². The van der Waals surface area contributed by atoms with Gasteiger partial charge in [0.15, 0.2) is 11.5 Å². The van der Waals surface area contributed by atoms with E-state index in [9.17, 15) is 13.9 Å². The van der Waals surface area contributed by atoms with Gasteiger partial charge in [-0.2, -0.15) is 4.98 Å². The Morgan fingerprint density at radius 2 is 1.95 bits per heavy atom. The van der Waals surface area contributed by atoms with E-state index in [1.807, 2.05) is 13.0 Å². The van der Waals surface area contributed by atoms with E-state index in [2.05, 4.69) is 15.1 Å². The molecular weight excluding hydrogens is 550 g/mol. The number of halogens is 2. The van der Waals surface area contributed by atoms with Crippen LogP contribution in [0, 0.1) is 5.82 Å². The number of ether oxygens (including phenoxy) is 1. The van der Waals surface area contributed by atoms with Crippen LogP contribution in [0.25, 0.3) is 33.2 Å². The molecule has 0 aliphatic carbocycles. The zero-order valence-corrected chi connectivity index (χ0v) is 24.3. The van der Waals surface area contributed by atoms with Crippen LogP contribution in [0.4, 0.5) is 14.5 Å². The van der Waals surface area contributed by atoms with E-state index in [1.54, 1.807) is 24.4 Å². The van der Waals surface area contributed by atoms with Crippen molar-refractivity contribution in [3.8, 4) is 23.0 Å². The maximum Gasteiger partial charge on any atom is 0.217 e. The highest BCUT2D eigenvalue weighted by Gasteiger charge is 2.49. The Morgan fingerprint density at radius 3 is 2.77 bits per heavy atom. The molecule has 224 valence electrons. The van der Waals surface area contributed by atoms with E-state index in [4.69, 9.17) is 19.7 Å². The zero-order valence-electron chi connectivity index (χ0n) is 24.3. The van der Waals surface area contributed by atoms with Gasteiger partial charge in [0.25, 0.3) is 0 Å². The van der Waals surface area contributed by atoms with Gasteiger partial charge in [0, 0.05) is 56.0 Å². The first kappa shape index (κ1) is 27.0. The molecule has 4 aliphatic rings. The normalized spacial score (nSPS) is 27.0. The minimum atomic E-state index is -0.828. The molecule has 2 N–H and O–H groups in total. The lowest BCUT2D eigenvalue weighted by Crippen LogP contribution is -2.51. The summed E-state index contributed by atoms with van der Waals surface area (Å²) in [6.45, 7) is 5.40. The molecule has 0 radical (unpaired) electrons. The third kappa shape index (κ3) is 4.57. The summed E-state index contributed by atoms with van der Waals surface area (Å²) in [6, 6.07) is 9.18. The lowest BCUT2D eigenvalue weighted by molar-refractivity contribution is 0.111. The fraction of sp³-hybridized carbons (Fsp3) is 0.485. The second kappa shape index (κ2) is 10.2. The quantitative estimate of drug-likeness (QED) is 0.321. The number of hydrogen-bond acceptors (Lipinski definition) is 8. The largest absolute Gasteiger partial charge is 0.508 e. The number of aromatic hydroxyl groups is 1. The molecule has 0 amide bonds. The number of nitrogens with zero attached hydrogens (tertiary/aromatic N) is 5. The lowest BCUT2D eigenvalue weighted by atomic mass is 9.95. The van der Waals surface area contributed by atoms with Gasteiger partial charge in [0.05, 0.1) is 16.6 Å². The van der Waals surface area contributed by atoms with Crippen molar-refractivity contribution in [1.29, 1.82) is 0 Å². The average molecular weight is 587 g/mol. The minimum Gasteiger partial charge on any atom is -0.508 e. The van der Waals surface area contributed by atoms with Gasteiger partial charge in [-0.25, -0.2) is 18.7 Å². The van der Waals surface area contributed by atoms with Crippen molar-refractivity contribution >= 4 is 27.5 Å². The number of phenols is 1. The molecular formula is C33H36F2N6O2. The Hall–Kier alpha value is -3.63. The van der Waals surface area contributed by atoms with Crippen LogP contribution in [0.5, 0.6) is 11.6 Å². The highest BCUT2D eigenvalue weighted by molar-refractivity contribution is 6.00. The third-order valence-corrected chi connectivity index (χ3v) is 10.1. The van der Waals surface area contributed by atoms with Crippen LogP contribution in [0.1, 0.15) is 44.6 Å². The molecule has 4 saturated heterocycles. The molecule has 2 aromatic heterocycles. The maximum absolute atomic E-state index is 14.9. The molecule has 6 heterocycles. The summed E-state index contributed by atoms with van der Waals surface area (Å²) in [7, 11) is 0. The van der Waals surface area contributed by atoms with Gasteiger partial charge in [-0.05, 0) is 73.2 Å². The van der Waals surface area contributed by atoms with Gasteiger partial charge in [-0.1, -0.05) is 13.0 Å². The van der Waals surface area contributed by atoms with Crippen LogP contribution in [0.3, 0.4) is 0 Å². The first-order chi connectivity index (χ1) is 20.9. The maximum atomic E-state index is 14.9. The molecule has 4 aliphatic heterocycles. The number of fused-ring (bicyclic) bond motifs is 5. The van der Waals surface area contributed by atoms with Crippen LogP contribution in [-0.4, -0.2) is 81.5 Å². The van der Waals surface area contributed by atoms with Crippen molar-refractivity contribution < 1.29 is 18.6 Å². The lowest BCUT2D eigenvalue weighted by Gasteiger charge is -2.35. The number of nitrogens with one attached hydrogen (secondary N) is 1. The van der Waals surface area contributed by atoms with Crippen molar-refractivity contribution in [3.05, 3.63) is 47.9 Å². The van der Waals surface area contributed by atoms with E-state index in [0.717, 1.165) is 61.8 Å². The van der Waals surface area contributed by atoms with Crippen molar-refractivity contribution in [2.45, 2.75) is 69.2 Å². The first-order valence-corrected chi connectivity index (χ1v) is 15.5. The Balaban J connectivity index is 1.24. The number of aromatic nitrogens is 3. The van der Waals surface area contributed by atoms with Crippen LogP contribution < -0.4 is 15.0 Å². The van der Waals surface area contributed by atoms with Crippen molar-refractivity contribution in [3.63, 3.8) is 0 Å². The molecule has 0 spiro atoms. The number of rotatable bonds is 6. The number of alkyl halides is 1. The molecule has 2 aromatic carbocycles. The van der Waals surface area contributed by atoms with Gasteiger partial charge in [-0.15, -0.1) is 0 Å². The van der Waals surface area contributed by atoms with E-state index >= 15 is 0 Å². The smallest absolute Gasteiger partial charge is 0.217 e. The molecule has 8 rings (SSSR count). The molecule has 43 heavy (non-hydrogen) atoms. The Morgan fingerprint density at radius 1 is 1.12 bits per heavy atom. The molecule has 4 fully saturated rings. The van der Waals surface area contributed by atoms with Gasteiger partial charge >= 0.3 is 0 Å². The standard InChI is InChI=1S/C33H36F2N6O2/c1-2-24-27(35)7-4-19-10-23(42)11-25(30(19)24)31-36-14-26-28(40-16-21-5-6-22(17-40)37-21)12-29(38-32(26)39-31)43-18-33-8-3-9-41(33)15-20(34)13-33/h4,7,10-12,14,20-22,37,42H,2-3,5-6,8-9,13,15-18H2,1H3/t20-,21?,22?,33+/m1/s1. The molecule has 4 aromatic rings. The van der Waals surface area contributed by atoms with Crippen molar-refractivity contribution in [2.24, 2.45) is 0 Å². The van der Waals surface area contributed by atoms with Gasteiger partial charge in [0.1, 0.15) is 24.3 Å². The Labute approximate surface area is 249 Å². The number of pyridine rings is 1. The van der Waals surface area contributed by atoms with E-state index < -0.39 is 6.17 Å². The summed E-state index contributed by atoms with van der Waals surface area (Å²) in [5.41, 5.74) is 2.28. The predicted molar refractivity (Wildman–Crippen MR) is 162 cm³/mol. The second-order valence-corrected chi connectivity index (χ2v) is 12.8. The van der Waals surface area contributed by atoms with Gasteiger partial charge < -0.3 is 20.1 Å². The minimum absolute atomic E-state index is 0.0602. The summed E-state index contributed by atoms with van der Waals surface area (Å²) in [4.78, 5) is 19.2. The highest BCUT2D eigenvalue weighted by Crippen LogP contribution is 2.41. The van der Waals surface area contributed by atoms with Crippen LogP contribution >= 0.6 is 0 Å². The Kier molecular flexibility index (Phi) is 6.41. The summed E-state index contributed by atoms with van der Waals surface area (Å²) < 4.78 is 35.8. The number of anilines is 1. The molecule has 10 heteroatoms. The molecule has 8 nitrogen and oxygen atoms in total. The summed E-state index contributed by atoms with van der Waals surface area (Å²) in [5.74, 6) is 0.587. The predicted octanol–water partition coefficient (Wildman–Crippen LogP) is 5.15. The number of piperazine rings is 1. The molecule has 0 saturated carbocycles. The highest BCUT2D eigenvalue weighted by atomic mass is 19.1. The van der Waals surface area contributed by atoms with Crippen molar-refractivity contribution in [2.75, 3.05) is 37.7 Å². The Bertz CT molecular complexity index is 1720. The molecule has 4 atom stereocenters. The van der Waals surface area contributed by atoms with Gasteiger partial charge in [0.2, 0.25) is 5.88 Å². The summed E-state index contributed by atoms with van der Waals surface area (Å²) >= 11 is 0. The summed E-state index contributed by atoms with van der Waals surface area (Å²) in [5, 5.41) is 16.5. The second-order valence-electron chi connectivity index (χ2n) is 12.8. The van der Waals surface area contributed by atoms with Crippen molar-refractivity contribution in [1.82, 2.24) is 25.2 Å². The average Bonchev–Trinajstić information content (AvgIpc) is 3.65. The topological polar surface area (TPSA) is 86.6 Å². The fourth-order valence-corrected chi connectivity index (χ4v) is 8.11. The first-order valence-electron chi connectivity index (χ1n) is 15.5. The number of benzene rings is 2. The zero-order chi connectivity index (χ0) is 29.3. The SMILES string of the molecule is CCc1c(F)ccc2cc(O)cc(-c3ncc4c(N5CC6CCC(C5)N6)cc(OC[C@@]56CCCN5C[C@H](F)C6)nc4n3)c12. The van der Waals surface area contributed by atoms with Crippen LogP contribution in [0.15, 0.2) is 36.5 Å². The monoisotopic (exact) mass is 586 g/mol. The fourth-order valence-electron chi connectivity index (χ4n) is 8.11. The van der Waals surface area contributed by atoms with E-state index in [0.29, 0.717) is 71.9 Å². The molecule has 2 bridgehead atoms. The number of phenolic OH excluding ortho intramolecular Hbond substituents is 1. The molecule has 2 unspecified atom stereocenters. The van der Waals surface area contributed by atoms with Crippen LogP contribution in [0.2, 0.25) is 0 Å². The number of aryl methyl sites for hydroxylation is 1. The van der Waals surface area contributed by atoms with Crippen LogP contribution in [-0.2, 0) is 6.42 Å². The summed E-state index contributed by atoms with van der Waals surface area (Å²) in [6.07, 6.45) is 6.20. The van der Waals surface area contributed by atoms with Gasteiger partial charge in [-0.3, -0.25) is 4.90 Å². The number of hydrogen-bond donors (Lipinski definition) is 2. The third-order valence-electron chi connectivity index (χ3n) is 10.1.